The second kappa shape index (κ2) is 6.19. The van der Waals surface area contributed by atoms with E-state index in [-0.39, 0.29) is 11.8 Å². The van der Waals surface area contributed by atoms with Crippen molar-refractivity contribution in [3.05, 3.63) is 17.7 Å². The van der Waals surface area contributed by atoms with Crippen LogP contribution in [0.1, 0.15) is 38.2 Å². The van der Waals surface area contributed by atoms with Crippen LogP contribution in [0.4, 0.5) is 0 Å². The van der Waals surface area contributed by atoms with Crippen molar-refractivity contribution < 1.29 is 4.79 Å². The Morgan fingerprint density at radius 1 is 1.53 bits per heavy atom. The van der Waals surface area contributed by atoms with E-state index in [0.717, 1.165) is 44.0 Å². The number of carbonyl (C=O) groups is 1. The van der Waals surface area contributed by atoms with Gasteiger partial charge in [-0.1, -0.05) is 13.8 Å². The van der Waals surface area contributed by atoms with Crippen LogP contribution in [-0.4, -0.2) is 39.9 Å². The van der Waals surface area contributed by atoms with E-state index in [9.17, 15) is 4.79 Å². The minimum atomic E-state index is 0.109. The molecule has 5 heteroatoms. The predicted molar refractivity (Wildman–Crippen MR) is 74.6 cm³/mol. The van der Waals surface area contributed by atoms with Gasteiger partial charge in [-0.25, -0.2) is 4.98 Å². The minimum Gasteiger partial charge on any atom is -0.345 e. The van der Waals surface area contributed by atoms with Gasteiger partial charge in [0, 0.05) is 43.5 Å². The molecule has 1 aromatic heterocycles. The first-order valence-corrected chi connectivity index (χ1v) is 7.09. The van der Waals surface area contributed by atoms with Gasteiger partial charge in [0.05, 0.1) is 0 Å². The van der Waals surface area contributed by atoms with E-state index in [1.54, 1.807) is 0 Å². The third-order valence-corrected chi connectivity index (χ3v) is 3.64. The number of nitrogens with zero attached hydrogens (tertiary/aromatic N) is 2. The minimum absolute atomic E-state index is 0.109. The molecular weight excluding hydrogens is 240 g/mol. The number of nitrogens with one attached hydrogen (secondary N) is 2. The summed E-state index contributed by atoms with van der Waals surface area (Å²) in [5.74, 6) is 1.34. The van der Waals surface area contributed by atoms with Crippen LogP contribution >= 0.6 is 0 Å². The summed E-state index contributed by atoms with van der Waals surface area (Å²) in [6, 6.07) is 0.500. The number of piperidine rings is 1. The van der Waals surface area contributed by atoms with Gasteiger partial charge in [0.2, 0.25) is 5.91 Å². The molecule has 0 aromatic carbocycles. The molecule has 2 N–H and O–H groups in total. The summed E-state index contributed by atoms with van der Waals surface area (Å²) in [6.07, 6.45) is 3.94. The summed E-state index contributed by atoms with van der Waals surface area (Å²) in [4.78, 5) is 21.3. The van der Waals surface area contributed by atoms with Gasteiger partial charge in [0.1, 0.15) is 5.82 Å². The van der Waals surface area contributed by atoms with Gasteiger partial charge in [0.25, 0.3) is 0 Å². The van der Waals surface area contributed by atoms with E-state index >= 15 is 0 Å². The van der Waals surface area contributed by atoms with Crippen molar-refractivity contribution in [2.24, 2.45) is 5.92 Å². The number of aryl methyl sites for hydroxylation is 1. The normalized spacial score (nSPS) is 17.2. The van der Waals surface area contributed by atoms with Crippen molar-refractivity contribution >= 4 is 5.91 Å². The fraction of sp³-hybridized carbons (Fsp3) is 0.714. The second-order valence-electron chi connectivity index (χ2n) is 5.63. The fourth-order valence-electron chi connectivity index (χ4n) is 2.48. The van der Waals surface area contributed by atoms with Gasteiger partial charge in [0.15, 0.2) is 0 Å². The highest BCUT2D eigenvalue weighted by Crippen LogP contribution is 2.13. The molecule has 2 rings (SSSR count). The van der Waals surface area contributed by atoms with Crippen LogP contribution in [0.2, 0.25) is 0 Å². The van der Waals surface area contributed by atoms with Crippen LogP contribution in [0.15, 0.2) is 6.20 Å². The fourth-order valence-corrected chi connectivity index (χ4v) is 2.48. The Morgan fingerprint density at radius 3 is 2.74 bits per heavy atom. The van der Waals surface area contributed by atoms with Crippen molar-refractivity contribution in [3.8, 4) is 0 Å². The molecule has 1 amide bonds. The summed E-state index contributed by atoms with van der Waals surface area (Å²) in [7, 11) is 0. The molecular formula is C14H24N4O. The lowest BCUT2D eigenvalue weighted by Crippen LogP contribution is -2.46. The zero-order valence-corrected chi connectivity index (χ0v) is 12.1. The lowest BCUT2D eigenvalue weighted by atomic mass is 10.0. The molecule has 1 aliphatic rings. The van der Waals surface area contributed by atoms with E-state index in [1.165, 1.54) is 0 Å². The Hall–Kier alpha value is -1.36. The first-order valence-electron chi connectivity index (χ1n) is 7.09. The zero-order chi connectivity index (χ0) is 13.8. The number of aromatic amines is 1. The molecule has 1 fully saturated rings. The highest BCUT2D eigenvalue weighted by atomic mass is 16.2. The summed E-state index contributed by atoms with van der Waals surface area (Å²) in [6.45, 7) is 8.46. The van der Waals surface area contributed by atoms with Crippen LogP contribution in [0.25, 0.3) is 0 Å². The third kappa shape index (κ3) is 3.80. The summed E-state index contributed by atoms with van der Waals surface area (Å²) < 4.78 is 0. The second-order valence-corrected chi connectivity index (χ2v) is 5.63. The van der Waals surface area contributed by atoms with E-state index in [1.807, 2.05) is 31.9 Å². The smallest absolute Gasteiger partial charge is 0.225 e. The molecule has 0 radical (unpaired) electrons. The number of likely N-dealkylation sites (tertiary alicyclic amines) is 1. The number of H-pyrrole nitrogens is 1. The van der Waals surface area contributed by atoms with Crippen molar-refractivity contribution in [1.82, 2.24) is 20.2 Å². The standard InChI is InChI=1S/C14H24N4O/c1-10(2)14(19)18-6-4-12(5-7-18)16-9-13-8-15-11(3)17-13/h8,10,12,16H,4-7,9H2,1-3H3,(H,15,17). The molecule has 19 heavy (non-hydrogen) atoms. The van der Waals surface area contributed by atoms with Crippen molar-refractivity contribution in [1.29, 1.82) is 0 Å². The van der Waals surface area contributed by atoms with Gasteiger partial charge in [-0.15, -0.1) is 0 Å². The van der Waals surface area contributed by atoms with Crippen LogP contribution in [-0.2, 0) is 11.3 Å². The van der Waals surface area contributed by atoms with Gasteiger partial charge < -0.3 is 15.2 Å². The molecule has 0 saturated carbocycles. The molecule has 1 aromatic rings. The monoisotopic (exact) mass is 264 g/mol. The number of amides is 1. The third-order valence-electron chi connectivity index (χ3n) is 3.64. The lowest BCUT2D eigenvalue weighted by Gasteiger charge is -2.33. The molecule has 0 atom stereocenters. The number of imidazole rings is 1. The van der Waals surface area contributed by atoms with E-state index in [0.29, 0.717) is 6.04 Å². The number of aromatic nitrogens is 2. The van der Waals surface area contributed by atoms with Crippen molar-refractivity contribution in [3.63, 3.8) is 0 Å². The van der Waals surface area contributed by atoms with E-state index < -0.39 is 0 Å². The predicted octanol–water partition coefficient (Wildman–Crippen LogP) is 1.45. The maximum absolute atomic E-state index is 11.9. The van der Waals surface area contributed by atoms with Crippen LogP contribution in [0.5, 0.6) is 0 Å². The molecule has 2 heterocycles. The van der Waals surface area contributed by atoms with Gasteiger partial charge >= 0.3 is 0 Å². The Labute approximate surface area is 114 Å². The van der Waals surface area contributed by atoms with E-state index in [2.05, 4.69) is 15.3 Å². The molecule has 0 unspecified atom stereocenters. The van der Waals surface area contributed by atoms with Gasteiger partial charge in [-0.05, 0) is 19.8 Å². The highest BCUT2D eigenvalue weighted by Gasteiger charge is 2.23. The Bertz CT molecular complexity index is 419. The Balaban J connectivity index is 1.73. The summed E-state index contributed by atoms with van der Waals surface area (Å²) in [5.41, 5.74) is 1.12. The molecule has 5 nitrogen and oxygen atoms in total. The zero-order valence-electron chi connectivity index (χ0n) is 12.1. The van der Waals surface area contributed by atoms with Crippen LogP contribution in [0.3, 0.4) is 0 Å². The van der Waals surface area contributed by atoms with E-state index in [4.69, 9.17) is 0 Å². The molecule has 0 bridgehead atoms. The van der Waals surface area contributed by atoms with Crippen molar-refractivity contribution in [2.75, 3.05) is 13.1 Å². The molecule has 0 spiro atoms. The molecule has 1 saturated heterocycles. The van der Waals surface area contributed by atoms with Crippen LogP contribution in [0, 0.1) is 12.8 Å². The molecule has 0 aliphatic carbocycles. The number of rotatable bonds is 4. The average Bonchev–Trinajstić information content (AvgIpc) is 2.82. The maximum Gasteiger partial charge on any atom is 0.225 e. The lowest BCUT2D eigenvalue weighted by molar-refractivity contribution is -0.135. The van der Waals surface area contributed by atoms with Gasteiger partial charge in [-0.3, -0.25) is 4.79 Å². The van der Waals surface area contributed by atoms with Gasteiger partial charge in [-0.2, -0.15) is 0 Å². The number of carbonyl (C=O) groups excluding carboxylic acids is 1. The maximum atomic E-state index is 11.9. The molecule has 1 aliphatic heterocycles. The quantitative estimate of drug-likeness (QED) is 0.865. The number of hydrogen-bond donors (Lipinski definition) is 2. The Kier molecular flexibility index (Phi) is 4.58. The summed E-state index contributed by atoms with van der Waals surface area (Å²) in [5, 5.41) is 3.53. The molecule has 106 valence electrons. The summed E-state index contributed by atoms with van der Waals surface area (Å²) >= 11 is 0. The largest absolute Gasteiger partial charge is 0.345 e. The first kappa shape index (κ1) is 14.1. The van der Waals surface area contributed by atoms with Crippen molar-refractivity contribution in [2.45, 2.75) is 46.2 Å². The average molecular weight is 264 g/mol. The highest BCUT2D eigenvalue weighted by molar-refractivity contribution is 5.78. The van der Waals surface area contributed by atoms with Crippen LogP contribution < -0.4 is 5.32 Å². The Morgan fingerprint density at radius 2 is 2.21 bits per heavy atom. The first-order chi connectivity index (χ1) is 9.06. The number of hydrogen-bond acceptors (Lipinski definition) is 3. The SMILES string of the molecule is Cc1ncc(CNC2CCN(C(=O)C(C)C)CC2)[nH]1. The topological polar surface area (TPSA) is 61.0 Å².